The molecule has 1 aliphatic heterocycles. The zero-order valence-electron chi connectivity index (χ0n) is 14.5. The van der Waals surface area contributed by atoms with Crippen molar-refractivity contribution in [2.75, 3.05) is 0 Å². The molecule has 0 aromatic heterocycles. The van der Waals surface area contributed by atoms with Gasteiger partial charge in [-0.15, -0.1) is 4.41 Å². The molecule has 5 heteroatoms. The van der Waals surface area contributed by atoms with Gasteiger partial charge in [-0.2, -0.15) is 5.01 Å². The van der Waals surface area contributed by atoms with Crippen molar-refractivity contribution in [1.29, 1.82) is 0 Å². The summed E-state index contributed by atoms with van der Waals surface area (Å²) in [5.74, 6) is 0. The second-order valence-corrected chi connectivity index (χ2v) is 8.25. The predicted octanol–water partition coefficient (Wildman–Crippen LogP) is 4.12. The Morgan fingerprint density at radius 2 is 1.38 bits per heavy atom. The minimum absolute atomic E-state index is 0.275. The second-order valence-electron chi connectivity index (χ2n) is 6.46. The van der Waals surface area contributed by atoms with Crippen molar-refractivity contribution in [2.45, 2.75) is 24.5 Å². The first-order valence-corrected chi connectivity index (χ1v) is 9.98. The monoisotopic (exact) mass is 364 g/mol. The van der Waals surface area contributed by atoms with Crippen LogP contribution in [0, 0.1) is 6.92 Å². The van der Waals surface area contributed by atoms with Gasteiger partial charge in [0.05, 0.1) is 4.90 Å². The Hall–Kier alpha value is -2.47. The first kappa shape index (κ1) is 17.0. The summed E-state index contributed by atoms with van der Waals surface area (Å²) >= 11 is 0. The van der Waals surface area contributed by atoms with E-state index in [2.05, 4.69) is 0 Å². The van der Waals surface area contributed by atoms with Gasteiger partial charge in [0.25, 0.3) is 10.0 Å². The molecule has 4 rings (SSSR count). The summed E-state index contributed by atoms with van der Waals surface area (Å²) in [4.78, 5) is 0.319. The van der Waals surface area contributed by atoms with Crippen molar-refractivity contribution in [3.8, 4) is 0 Å². The van der Waals surface area contributed by atoms with Crippen molar-refractivity contribution in [1.82, 2.24) is 9.42 Å². The van der Waals surface area contributed by atoms with Gasteiger partial charge in [-0.3, -0.25) is 0 Å². The van der Waals surface area contributed by atoms with Gasteiger partial charge in [0.2, 0.25) is 0 Å². The van der Waals surface area contributed by atoms with E-state index in [9.17, 15) is 8.42 Å². The lowest BCUT2D eigenvalue weighted by atomic mass is 10.2. The highest BCUT2D eigenvalue weighted by Gasteiger charge is 2.54. The molecule has 4 nitrogen and oxygen atoms in total. The zero-order chi connectivity index (χ0) is 18.1. The summed E-state index contributed by atoms with van der Waals surface area (Å²) < 4.78 is 27.8. The number of hydrogen-bond acceptors (Lipinski definition) is 3. The van der Waals surface area contributed by atoms with Crippen LogP contribution in [0.15, 0.2) is 89.8 Å². The average molecular weight is 364 g/mol. The lowest BCUT2D eigenvalue weighted by Crippen LogP contribution is -2.17. The quantitative estimate of drug-likeness (QED) is 0.640. The van der Waals surface area contributed by atoms with Gasteiger partial charge in [-0.05, 0) is 30.2 Å². The molecule has 1 aliphatic rings. The third-order valence-electron chi connectivity index (χ3n) is 4.54. The Kier molecular flexibility index (Phi) is 4.36. The van der Waals surface area contributed by atoms with Crippen molar-refractivity contribution in [2.24, 2.45) is 0 Å². The molecule has 0 radical (unpaired) electrons. The minimum Gasteiger partial charge on any atom is -0.206 e. The van der Waals surface area contributed by atoms with E-state index in [0.29, 0.717) is 11.4 Å². The third-order valence-corrected chi connectivity index (χ3v) is 6.31. The van der Waals surface area contributed by atoms with E-state index in [1.54, 1.807) is 12.1 Å². The fourth-order valence-corrected chi connectivity index (χ4v) is 4.70. The van der Waals surface area contributed by atoms with Gasteiger partial charge in [-0.25, -0.2) is 8.42 Å². The number of aryl methyl sites for hydroxylation is 1. The normalized spacial score (nSPS) is 22.1. The van der Waals surface area contributed by atoms with E-state index in [1.165, 1.54) is 4.41 Å². The molecule has 26 heavy (non-hydrogen) atoms. The third kappa shape index (κ3) is 3.17. The molecule has 1 heterocycles. The summed E-state index contributed by atoms with van der Waals surface area (Å²) in [7, 11) is -3.59. The van der Waals surface area contributed by atoms with E-state index >= 15 is 0 Å². The molecule has 0 aliphatic carbocycles. The molecule has 0 bridgehead atoms. The Labute approximate surface area is 154 Å². The van der Waals surface area contributed by atoms with Crippen LogP contribution in [0.25, 0.3) is 0 Å². The van der Waals surface area contributed by atoms with E-state index in [0.717, 1.165) is 16.7 Å². The van der Waals surface area contributed by atoms with Crippen molar-refractivity contribution >= 4 is 10.0 Å². The maximum atomic E-state index is 13.2. The van der Waals surface area contributed by atoms with E-state index in [4.69, 9.17) is 0 Å². The molecule has 3 aromatic rings. The van der Waals surface area contributed by atoms with Crippen LogP contribution in [0.2, 0.25) is 0 Å². The Morgan fingerprint density at radius 3 is 2.00 bits per heavy atom. The lowest BCUT2D eigenvalue weighted by Gasteiger charge is -2.07. The zero-order valence-corrected chi connectivity index (χ0v) is 15.3. The lowest BCUT2D eigenvalue weighted by molar-refractivity contribution is 0.391. The first-order chi connectivity index (χ1) is 12.6. The summed E-state index contributed by atoms with van der Waals surface area (Å²) in [6.07, 6.45) is -0.275. The first-order valence-electron chi connectivity index (χ1n) is 8.54. The van der Waals surface area contributed by atoms with Crippen molar-refractivity contribution in [3.63, 3.8) is 0 Å². The molecule has 3 atom stereocenters. The highest BCUT2D eigenvalue weighted by atomic mass is 32.2. The van der Waals surface area contributed by atoms with Gasteiger partial charge in [-0.1, -0.05) is 78.4 Å². The van der Waals surface area contributed by atoms with Gasteiger partial charge in [0.1, 0.15) is 6.17 Å². The number of nitrogens with zero attached hydrogens (tertiary/aromatic N) is 2. The van der Waals surface area contributed by atoms with E-state index < -0.39 is 10.0 Å². The SMILES string of the molecule is Cc1ccc(S(=O)(=O)N2[C@@H](c3ccccc3)N2Cc2ccccc2)cc1. The fraction of sp³-hybridized carbons (Fsp3) is 0.143. The van der Waals surface area contributed by atoms with E-state index in [1.807, 2.05) is 84.7 Å². The molecule has 2 unspecified atom stereocenters. The van der Waals surface area contributed by atoms with Crippen LogP contribution in [0.1, 0.15) is 22.9 Å². The highest BCUT2D eigenvalue weighted by Crippen LogP contribution is 2.46. The highest BCUT2D eigenvalue weighted by molar-refractivity contribution is 7.89. The van der Waals surface area contributed by atoms with Crippen LogP contribution in [0.4, 0.5) is 0 Å². The summed E-state index contributed by atoms with van der Waals surface area (Å²) in [5.41, 5.74) is 3.09. The molecule has 0 saturated carbocycles. The minimum atomic E-state index is -3.59. The molecule has 3 aromatic carbocycles. The smallest absolute Gasteiger partial charge is 0.206 e. The molecular formula is C21H20N2O2S. The summed E-state index contributed by atoms with van der Waals surface area (Å²) in [5, 5.41) is 1.89. The Bertz CT molecular complexity index is 987. The number of hydrazine groups is 1. The van der Waals surface area contributed by atoms with Gasteiger partial charge >= 0.3 is 0 Å². The summed E-state index contributed by atoms with van der Waals surface area (Å²) in [6, 6.07) is 26.7. The molecule has 0 N–H and O–H groups in total. The van der Waals surface area contributed by atoms with Crippen molar-refractivity contribution < 1.29 is 8.42 Å². The molecule has 0 spiro atoms. The largest absolute Gasteiger partial charge is 0.257 e. The number of hydrogen-bond donors (Lipinski definition) is 0. The maximum absolute atomic E-state index is 13.2. The number of sulfonamides is 1. The molecular weight excluding hydrogens is 344 g/mol. The molecule has 1 saturated heterocycles. The number of benzene rings is 3. The molecule has 0 amide bonds. The molecule has 1 fully saturated rings. The Morgan fingerprint density at radius 1 is 0.808 bits per heavy atom. The van der Waals surface area contributed by atoms with Gasteiger partial charge in [0.15, 0.2) is 0 Å². The van der Waals surface area contributed by atoms with E-state index in [-0.39, 0.29) is 6.17 Å². The van der Waals surface area contributed by atoms with Crippen LogP contribution in [-0.2, 0) is 16.6 Å². The van der Waals surface area contributed by atoms with Crippen LogP contribution in [0.5, 0.6) is 0 Å². The second kappa shape index (κ2) is 6.68. The van der Waals surface area contributed by atoms with Crippen LogP contribution in [0.3, 0.4) is 0 Å². The van der Waals surface area contributed by atoms with Gasteiger partial charge in [0, 0.05) is 6.54 Å². The standard InChI is InChI=1S/C21H20N2O2S/c1-17-12-14-20(15-13-17)26(24,25)23-21(19-10-6-3-7-11-19)22(23)16-18-8-4-2-5-9-18/h2-15,21H,16H2,1H3/t21-,22?,23?/m0/s1. The Balaban J connectivity index is 1.68. The van der Waals surface area contributed by atoms with Crippen LogP contribution in [-0.4, -0.2) is 17.8 Å². The average Bonchev–Trinajstić information content (AvgIpc) is 3.38. The topological polar surface area (TPSA) is 40.2 Å². The van der Waals surface area contributed by atoms with Crippen LogP contribution >= 0.6 is 0 Å². The maximum Gasteiger partial charge on any atom is 0.257 e. The van der Waals surface area contributed by atoms with Crippen LogP contribution < -0.4 is 0 Å². The fourth-order valence-electron chi connectivity index (χ4n) is 3.13. The predicted molar refractivity (Wildman–Crippen MR) is 101 cm³/mol. The van der Waals surface area contributed by atoms with Crippen molar-refractivity contribution in [3.05, 3.63) is 102 Å². The molecule has 132 valence electrons. The van der Waals surface area contributed by atoms with Gasteiger partial charge < -0.3 is 0 Å². The summed E-state index contributed by atoms with van der Waals surface area (Å²) in [6.45, 7) is 2.49. The number of rotatable bonds is 5.